The minimum Gasteiger partial charge on any atom is -0.507 e. The molecule has 0 heterocycles. The van der Waals surface area contributed by atoms with Crippen molar-refractivity contribution in [3.8, 4) is 5.75 Å². The number of fused-ring (bicyclic) bond motifs is 1. The van der Waals surface area contributed by atoms with Crippen molar-refractivity contribution < 1.29 is 35.8 Å². The Kier molecular flexibility index (Phi) is 5.02. The van der Waals surface area contributed by atoms with E-state index in [-0.39, 0.29) is 23.0 Å². The van der Waals surface area contributed by atoms with Crippen LogP contribution in [0.15, 0.2) is 34.1 Å². The predicted molar refractivity (Wildman–Crippen MR) is 87.8 cm³/mol. The van der Waals surface area contributed by atoms with Gasteiger partial charge in [-0.3, -0.25) is 13.9 Å². The molecular formula is C13H14N2O8S2. The number of aromatic hydroxyl groups is 1. The summed E-state index contributed by atoms with van der Waals surface area (Å²) in [6.07, 6.45) is 0. The largest absolute Gasteiger partial charge is 0.507 e. The molecule has 25 heavy (non-hydrogen) atoms. The highest BCUT2D eigenvalue weighted by molar-refractivity contribution is 7.86. The van der Waals surface area contributed by atoms with Gasteiger partial charge < -0.3 is 15.7 Å². The van der Waals surface area contributed by atoms with Crippen LogP contribution in [0.25, 0.3) is 10.8 Å². The van der Waals surface area contributed by atoms with Crippen molar-refractivity contribution in [2.24, 2.45) is 0 Å². The summed E-state index contributed by atoms with van der Waals surface area (Å²) in [4.78, 5) is 10.4. The highest BCUT2D eigenvalue weighted by Gasteiger charge is 2.20. The van der Waals surface area contributed by atoms with Gasteiger partial charge in [0.1, 0.15) is 5.75 Å². The minimum absolute atomic E-state index is 0.0655. The Morgan fingerprint density at radius 3 is 2.00 bits per heavy atom. The van der Waals surface area contributed by atoms with Crippen molar-refractivity contribution in [1.82, 2.24) is 5.32 Å². The third kappa shape index (κ3) is 4.24. The van der Waals surface area contributed by atoms with E-state index in [1.165, 1.54) is 7.05 Å². The summed E-state index contributed by atoms with van der Waals surface area (Å²) in [5.41, 5.74) is -0.162. The zero-order valence-electron chi connectivity index (χ0n) is 12.7. The van der Waals surface area contributed by atoms with Crippen LogP contribution in [0.3, 0.4) is 0 Å². The lowest BCUT2D eigenvalue weighted by Gasteiger charge is -2.13. The number of phenolic OH excluding ortho intramolecular Hbond substituents is 1. The Hall–Kier alpha value is -2.25. The molecule has 2 rings (SSSR count). The predicted octanol–water partition coefficient (Wildman–Crippen LogP) is 0.197. The first-order valence-electron chi connectivity index (χ1n) is 6.63. The molecule has 2 aromatic carbocycles. The fourth-order valence-electron chi connectivity index (χ4n) is 2.19. The van der Waals surface area contributed by atoms with Gasteiger partial charge in [-0.05, 0) is 30.6 Å². The molecule has 0 aliphatic carbocycles. The second-order valence-electron chi connectivity index (χ2n) is 5.04. The minimum atomic E-state index is -4.69. The summed E-state index contributed by atoms with van der Waals surface area (Å²) >= 11 is 0. The lowest BCUT2D eigenvalue weighted by molar-refractivity contribution is -0.115. The van der Waals surface area contributed by atoms with Crippen molar-refractivity contribution >= 4 is 42.6 Å². The van der Waals surface area contributed by atoms with Crippen LogP contribution in [-0.4, -0.2) is 50.5 Å². The lowest BCUT2D eigenvalue weighted by Crippen LogP contribution is -2.25. The van der Waals surface area contributed by atoms with Crippen LogP contribution in [-0.2, 0) is 25.0 Å². The summed E-state index contributed by atoms with van der Waals surface area (Å²) in [6, 6.07) is 3.45. The van der Waals surface area contributed by atoms with E-state index in [9.17, 15) is 31.3 Å². The summed E-state index contributed by atoms with van der Waals surface area (Å²) in [5.74, 6) is -1.19. The van der Waals surface area contributed by atoms with Gasteiger partial charge in [0.2, 0.25) is 5.91 Å². The van der Waals surface area contributed by atoms with Crippen LogP contribution < -0.4 is 10.6 Å². The summed E-state index contributed by atoms with van der Waals surface area (Å²) in [5, 5.41) is 14.8. The zero-order valence-corrected chi connectivity index (χ0v) is 14.3. The Morgan fingerprint density at radius 1 is 1.00 bits per heavy atom. The molecule has 0 aromatic heterocycles. The number of hydrogen-bond acceptors (Lipinski definition) is 7. The molecule has 0 radical (unpaired) electrons. The Labute approximate surface area is 143 Å². The first-order valence-corrected chi connectivity index (χ1v) is 9.51. The van der Waals surface area contributed by atoms with Gasteiger partial charge in [0.05, 0.1) is 22.0 Å². The number of anilines is 1. The van der Waals surface area contributed by atoms with Gasteiger partial charge in [-0.2, -0.15) is 16.8 Å². The van der Waals surface area contributed by atoms with E-state index < -0.39 is 41.7 Å². The monoisotopic (exact) mass is 390 g/mol. The highest BCUT2D eigenvalue weighted by Crippen LogP contribution is 2.36. The average Bonchev–Trinajstić information content (AvgIpc) is 2.44. The van der Waals surface area contributed by atoms with Crippen molar-refractivity contribution in [1.29, 1.82) is 0 Å². The summed E-state index contributed by atoms with van der Waals surface area (Å²) in [6.45, 7) is -0.124. The molecule has 0 aliphatic heterocycles. The number of likely N-dealkylation sites (N-methyl/N-ethyl adjacent to an activating group) is 1. The molecule has 0 saturated carbocycles. The van der Waals surface area contributed by atoms with Crippen molar-refractivity contribution in [2.45, 2.75) is 9.79 Å². The number of phenols is 1. The third-order valence-electron chi connectivity index (χ3n) is 3.18. The molecule has 0 atom stereocenters. The third-order valence-corrected chi connectivity index (χ3v) is 4.85. The van der Waals surface area contributed by atoms with Crippen molar-refractivity contribution in [2.75, 3.05) is 18.9 Å². The second-order valence-corrected chi connectivity index (χ2v) is 7.88. The Morgan fingerprint density at radius 2 is 1.52 bits per heavy atom. The average molecular weight is 390 g/mol. The maximum Gasteiger partial charge on any atom is 0.294 e. The highest BCUT2D eigenvalue weighted by atomic mass is 32.2. The molecular weight excluding hydrogens is 376 g/mol. The smallest absolute Gasteiger partial charge is 0.294 e. The van der Waals surface area contributed by atoms with Crippen molar-refractivity contribution in [3.63, 3.8) is 0 Å². The molecule has 0 bridgehead atoms. The van der Waals surface area contributed by atoms with Gasteiger partial charge in [-0.25, -0.2) is 0 Å². The van der Waals surface area contributed by atoms with E-state index in [0.717, 1.165) is 24.3 Å². The Bertz CT molecular complexity index is 1060. The van der Waals surface area contributed by atoms with Crippen LogP contribution in [0.4, 0.5) is 5.69 Å². The fourth-order valence-corrected chi connectivity index (χ4v) is 3.27. The van der Waals surface area contributed by atoms with E-state index in [4.69, 9.17) is 4.55 Å². The van der Waals surface area contributed by atoms with E-state index in [0.29, 0.717) is 0 Å². The van der Waals surface area contributed by atoms with Gasteiger partial charge in [0, 0.05) is 11.5 Å². The molecule has 0 spiro atoms. The number of rotatable bonds is 5. The van der Waals surface area contributed by atoms with E-state index in [1.54, 1.807) is 0 Å². The van der Waals surface area contributed by atoms with Gasteiger partial charge in [0.15, 0.2) is 0 Å². The van der Waals surface area contributed by atoms with Gasteiger partial charge in [0.25, 0.3) is 20.2 Å². The van der Waals surface area contributed by atoms with E-state index >= 15 is 0 Å². The Balaban J connectivity index is 2.83. The van der Waals surface area contributed by atoms with Gasteiger partial charge in [-0.15, -0.1) is 0 Å². The van der Waals surface area contributed by atoms with Crippen LogP contribution >= 0.6 is 0 Å². The van der Waals surface area contributed by atoms with E-state index in [1.807, 2.05) is 0 Å². The molecule has 2 aromatic rings. The molecule has 10 nitrogen and oxygen atoms in total. The molecule has 0 aliphatic rings. The topological polar surface area (TPSA) is 170 Å². The van der Waals surface area contributed by atoms with E-state index in [2.05, 4.69) is 10.6 Å². The quantitative estimate of drug-likeness (QED) is 0.447. The molecule has 5 N–H and O–H groups in total. The number of nitrogens with one attached hydrogen (secondary N) is 2. The van der Waals surface area contributed by atoms with Gasteiger partial charge in [-0.1, -0.05) is 0 Å². The number of benzene rings is 2. The second kappa shape index (κ2) is 6.57. The number of amides is 1. The molecule has 0 unspecified atom stereocenters. The van der Waals surface area contributed by atoms with Crippen LogP contribution in [0, 0.1) is 0 Å². The standard InChI is InChI=1S/C13H14N2O8S2/c1-14-6-12(17)15-10-4-8(24(18,19)20)2-7-3-9(25(21,22)23)5-11(16)13(7)10/h2-5,14,16H,6H2,1H3,(H,15,17)(H,18,19,20)(H,21,22,23). The summed E-state index contributed by atoms with van der Waals surface area (Å²) < 4.78 is 63.7. The van der Waals surface area contributed by atoms with Crippen LogP contribution in [0.1, 0.15) is 0 Å². The normalized spacial score (nSPS) is 12.3. The van der Waals surface area contributed by atoms with Gasteiger partial charge >= 0.3 is 0 Å². The molecule has 136 valence electrons. The van der Waals surface area contributed by atoms with Crippen LogP contribution in [0.2, 0.25) is 0 Å². The molecule has 0 fully saturated rings. The molecule has 0 saturated heterocycles. The number of carbonyl (C=O) groups is 1. The molecule has 1 amide bonds. The van der Waals surface area contributed by atoms with Crippen LogP contribution in [0.5, 0.6) is 5.75 Å². The first-order chi connectivity index (χ1) is 11.4. The summed E-state index contributed by atoms with van der Waals surface area (Å²) in [7, 11) is -7.86. The maximum absolute atomic E-state index is 11.8. The fraction of sp³-hybridized carbons (Fsp3) is 0.154. The number of hydrogen-bond donors (Lipinski definition) is 5. The lowest BCUT2D eigenvalue weighted by atomic mass is 10.1. The molecule has 12 heteroatoms. The zero-order chi connectivity index (χ0) is 19.0. The first kappa shape index (κ1) is 19.1. The SMILES string of the molecule is CNCC(=O)Nc1cc(S(=O)(=O)O)cc2cc(S(=O)(=O)O)cc(O)c12. The van der Waals surface area contributed by atoms with Crippen molar-refractivity contribution in [3.05, 3.63) is 24.3 Å². The number of carbonyl (C=O) groups excluding carboxylic acids is 1. The maximum atomic E-state index is 11.8.